The summed E-state index contributed by atoms with van der Waals surface area (Å²) in [7, 11) is 1.80. The standard InChI is InChI=1S/C18H24FN5S.HI/c1-13-17(25-14(2)22-13)12-21-18(20-3)24-10-8-23(9-11-24)16-7-5-4-6-15(16)19;/h4-7H,8-12H2,1-3H3,(H,20,21);1H. The van der Waals surface area contributed by atoms with E-state index in [1.807, 2.05) is 26.0 Å². The Kier molecular flexibility index (Phi) is 7.63. The van der Waals surface area contributed by atoms with Crippen molar-refractivity contribution in [1.82, 2.24) is 15.2 Å². The molecule has 142 valence electrons. The number of benzene rings is 1. The molecule has 26 heavy (non-hydrogen) atoms. The number of hydrogen-bond donors (Lipinski definition) is 1. The summed E-state index contributed by atoms with van der Waals surface area (Å²) in [6.45, 7) is 7.98. The first-order valence-corrected chi connectivity index (χ1v) is 9.28. The first-order chi connectivity index (χ1) is 12.1. The first kappa shape index (κ1) is 20.9. The van der Waals surface area contributed by atoms with Crippen LogP contribution in [-0.2, 0) is 6.54 Å². The average molecular weight is 489 g/mol. The zero-order valence-corrected chi connectivity index (χ0v) is 18.5. The van der Waals surface area contributed by atoms with Gasteiger partial charge >= 0.3 is 0 Å². The zero-order valence-electron chi connectivity index (χ0n) is 15.3. The van der Waals surface area contributed by atoms with Crippen molar-refractivity contribution in [3.63, 3.8) is 0 Å². The molecule has 0 radical (unpaired) electrons. The number of aromatic nitrogens is 1. The van der Waals surface area contributed by atoms with Gasteiger partial charge in [-0.1, -0.05) is 12.1 Å². The second-order valence-corrected chi connectivity index (χ2v) is 7.36. The maximum absolute atomic E-state index is 13.9. The second-order valence-electron chi connectivity index (χ2n) is 6.07. The number of rotatable bonds is 3. The summed E-state index contributed by atoms with van der Waals surface area (Å²) in [5.41, 5.74) is 1.76. The summed E-state index contributed by atoms with van der Waals surface area (Å²) in [5, 5.41) is 4.52. The van der Waals surface area contributed by atoms with Crippen molar-refractivity contribution in [1.29, 1.82) is 0 Å². The van der Waals surface area contributed by atoms with Crippen molar-refractivity contribution >= 4 is 47.0 Å². The Hall–Kier alpha value is -1.42. The highest BCUT2D eigenvalue weighted by Crippen LogP contribution is 2.20. The van der Waals surface area contributed by atoms with Gasteiger partial charge in [-0.3, -0.25) is 4.99 Å². The van der Waals surface area contributed by atoms with E-state index < -0.39 is 0 Å². The van der Waals surface area contributed by atoms with Crippen LogP contribution in [0.2, 0.25) is 0 Å². The van der Waals surface area contributed by atoms with E-state index in [4.69, 9.17) is 0 Å². The molecule has 1 aliphatic rings. The number of nitrogens with zero attached hydrogens (tertiary/aromatic N) is 4. The lowest BCUT2D eigenvalue weighted by Crippen LogP contribution is -2.52. The van der Waals surface area contributed by atoms with Crippen LogP contribution in [-0.4, -0.2) is 49.1 Å². The molecule has 1 N–H and O–H groups in total. The molecule has 2 heterocycles. The van der Waals surface area contributed by atoms with Crippen LogP contribution in [0.25, 0.3) is 0 Å². The van der Waals surface area contributed by atoms with Gasteiger partial charge in [-0.25, -0.2) is 9.37 Å². The van der Waals surface area contributed by atoms with Crippen molar-refractivity contribution in [2.75, 3.05) is 38.1 Å². The van der Waals surface area contributed by atoms with Crippen LogP contribution in [0.1, 0.15) is 15.6 Å². The van der Waals surface area contributed by atoms with Crippen molar-refractivity contribution in [2.24, 2.45) is 4.99 Å². The number of aryl methyl sites for hydroxylation is 2. The Bertz CT molecular complexity index is 756. The molecule has 0 atom stereocenters. The summed E-state index contributed by atoms with van der Waals surface area (Å²) >= 11 is 1.72. The predicted octanol–water partition coefficient (Wildman–Crippen LogP) is 3.41. The van der Waals surface area contributed by atoms with Gasteiger partial charge in [-0.15, -0.1) is 35.3 Å². The molecule has 8 heteroatoms. The Balaban J connectivity index is 0.00000243. The Labute approximate surface area is 175 Å². The second kappa shape index (κ2) is 9.50. The third-order valence-electron chi connectivity index (χ3n) is 4.39. The molecule has 0 bridgehead atoms. The van der Waals surface area contributed by atoms with Crippen LogP contribution in [0.15, 0.2) is 29.3 Å². The lowest BCUT2D eigenvalue weighted by molar-refractivity contribution is 0.370. The number of nitrogens with one attached hydrogen (secondary N) is 1. The zero-order chi connectivity index (χ0) is 17.8. The predicted molar refractivity (Wildman–Crippen MR) is 117 cm³/mol. The van der Waals surface area contributed by atoms with Crippen LogP contribution in [0, 0.1) is 19.7 Å². The quantitative estimate of drug-likeness (QED) is 0.408. The number of piperazine rings is 1. The fraction of sp³-hybridized carbons (Fsp3) is 0.444. The topological polar surface area (TPSA) is 43.8 Å². The van der Waals surface area contributed by atoms with E-state index in [9.17, 15) is 4.39 Å². The highest BCUT2D eigenvalue weighted by molar-refractivity contribution is 14.0. The lowest BCUT2D eigenvalue weighted by atomic mass is 10.2. The molecule has 1 fully saturated rings. The number of halogens is 2. The molecule has 1 aliphatic heterocycles. The Morgan fingerprint density at radius 2 is 1.92 bits per heavy atom. The van der Waals surface area contributed by atoms with Gasteiger partial charge < -0.3 is 15.1 Å². The van der Waals surface area contributed by atoms with E-state index in [2.05, 4.69) is 25.1 Å². The van der Waals surface area contributed by atoms with E-state index in [1.165, 1.54) is 10.9 Å². The number of hydrogen-bond acceptors (Lipinski definition) is 4. The molecule has 5 nitrogen and oxygen atoms in total. The van der Waals surface area contributed by atoms with Crippen molar-refractivity contribution < 1.29 is 4.39 Å². The van der Waals surface area contributed by atoms with Crippen LogP contribution in [0.3, 0.4) is 0 Å². The molecule has 3 rings (SSSR count). The van der Waals surface area contributed by atoms with Crippen LogP contribution >= 0.6 is 35.3 Å². The van der Waals surface area contributed by atoms with Gasteiger partial charge in [-0.05, 0) is 26.0 Å². The normalized spacial score (nSPS) is 15.0. The highest BCUT2D eigenvalue weighted by Gasteiger charge is 2.21. The molecular formula is C18H25FIN5S. The Morgan fingerprint density at radius 3 is 2.50 bits per heavy atom. The summed E-state index contributed by atoms with van der Waals surface area (Å²) < 4.78 is 13.9. The van der Waals surface area contributed by atoms with E-state index in [0.717, 1.165) is 49.4 Å². The number of guanidine groups is 1. The summed E-state index contributed by atoms with van der Waals surface area (Å²) in [6, 6.07) is 6.96. The lowest BCUT2D eigenvalue weighted by Gasteiger charge is -2.37. The number of anilines is 1. The van der Waals surface area contributed by atoms with E-state index in [-0.39, 0.29) is 29.8 Å². The van der Waals surface area contributed by atoms with Gasteiger partial charge in [0.1, 0.15) is 5.82 Å². The molecule has 1 aromatic heterocycles. The third kappa shape index (κ3) is 4.85. The molecule has 0 amide bonds. The van der Waals surface area contributed by atoms with Gasteiger partial charge in [-0.2, -0.15) is 0 Å². The summed E-state index contributed by atoms with van der Waals surface area (Å²) in [5.74, 6) is 0.730. The van der Waals surface area contributed by atoms with Gasteiger partial charge in [0.25, 0.3) is 0 Å². The molecule has 1 saturated heterocycles. The molecular weight excluding hydrogens is 464 g/mol. The fourth-order valence-electron chi connectivity index (χ4n) is 3.10. The minimum Gasteiger partial charge on any atom is -0.366 e. The summed E-state index contributed by atoms with van der Waals surface area (Å²) in [4.78, 5) is 14.4. The molecule has 0 saturated carbocycles. The minimum absolute atomic E-state index is 0. The first-order valence-electron chi connectivity index (χ1n) is 8.46. The maximum atomic E-state index is 13.9. The fourth-order valence-corrected chi connectivity index (χ4v) is 3.97. The van der Waals surface area contributed by atoms with Crippen LogP contribution < -0.4 is 10.2 Å². The van der Waals surface area contributed by atoms with Crippen LogP contribution in [0.5, 0.6) is 0 Å². The monoisotopic (exact) mass is 489 g/mol. The SMILES string of the molecule is CN=C(NCc1sc(C)nc1C)N1CCN(c2ccccc2F)CC1.I. The molecule has 0 spiro atoms. The largest absolute Gasteiger partial charge is 0.366 e. The number of aliphatic imine (C=N–C) groups is 1. The van der Waals surface area contributed by atoms with Gasteiger partial charge in [0.15, 0.2) is 5.96 Å². The van der Waals surface area contributed by atoms with Crippen molar-refractivity contribution in [3.05, 3.63) is 45.7 Å². The van der Waals surface area contributed by atoms with Gasteiger partial charge in [0.05, 0.1) is 22.9 Å². The molecule has 0 aliphatic carbocycles. The molecule has 0 unspecified atom stereocenters. The molecule has 1 aromatic carbocycles. The van der Waals surface area contributed by atoms with Gasteiger partial charge in [0.2, 0.25) is 0 Å². The van der Waals surface area contributed by atoms with E-state index in [1.54, 1.807) is 24.5 Å². The third-order valence-corrected chi connectivity index (χ3v) is 5.46. The maximum Gasteiger partial charge on any atom is 0.194 e. The minimum atomic E-state index is -0.158. The van der Waals surface area contributed by atoms with Crippen molar-refractivity contribution in [3.8, 4) is 0 Å². The number of para-hydroxylation sites is 1. The molecule has 2 aromatic rings. The number of thiazole rings is 1. The highest BCUT2D eigenvalue weighted by atomic mass is 127. The smallest absolute Gasteiger partial charge is 0.194 e. The summed E-state index contributed by atoms with van der Waals surface area (Å²) in [6.07, 6.45) is 0. The van der Waals surface area contributed by atoms with E-state index in [0.29, 0.717) is 5.69 Å². The van der Waals surface area contributed by atoms with Gasteiger partial charge in [0, 0.05) is 38.1 Å². The average Bonchev–Trinajstić information content (AvgIpc) is 2.94. The van der Waals surface area contributed by atoms with Crippen LogP contribution in [0.4, 0.5) is 10.1 Å². The Morgan fingerprint density at radius 1 is 1.23 bits per heavy atom. The van der Waals surface area contributed by atoms with Crippen molar-refractivity contribution in [2.45, 2.75) is 20.4 Å². The van der Waals surface area contributed by atoms with E-state index >= 15 is 0 Å².